The number of rotatable bonds is 1. The summed E-state index contributed by atoms with van der Waals surface area (Å²) < 4.78 is 29.0. The van der Waals surface area contributed by atoms with Crippen molar-refractivity contribution in [2.75, 3.05) is 0 Å². The summed E-state index contributed by atoms with van der Waals surface area (Å²) in [5, 5.41) is 7.89. The number of carboxylic acids is 1. The first-order chi connectivity index (χ1) is 4.37. The Labute approximate surface area is 85.0 Å². The Morgan fingerprint density at radius 3 is 1.55 bits per heavy atom. The maximum Gasteiger partial charge on any atom is 0.762 e. The van der Waals surface area contributed by atoms with Gasteiger partial charge in [-0.2, -0.15) is 0 Å². The molecule has 0 rings (SSSR count). The number of aliphatic carboxylic acids is 1. The summed E-state index contributed by atoms with van der Waals surface area (Å²) in [6.45, 7) is 4.60. The van der Waals surface area contributed by atoms with Gasteiger partial charge in [-0.15, -0.1) is 0 Å². The van der Waals surface area contributed by atoms with Crippen molar-refractivity contribution in [1.29, 1.82) is 0 Å². The van der Waals surface area contributed by atoms with Gasteiger partial charge >= 0.3 is 13.5 Å². The normalized spacial score (nSPS) is 6.55. The molecule has 0 unspecified atom stereocenters. The Morgan fingerprint density at radius 2 is 1.55 bits per heavy atom. The van der Waals surface area contributed by atoms with Crippen LogP contribution in [0.15, 0.2) is 12.2 Å². The van der Waals surface area contributed by atoms with Gasteiger partial charge < -0.3 is 5.11 Å². The summed E-state index contributed by atoms with van der Waals surface area (Å²) in [6, 6.07) is 0. The average Bonchev–Trinajstić information content (AvgIpc) is 1.63. The van der Waals surface area contributed by atoms with Crippen LogP contribution in [0.25, 0.3) is 0 Å². The van der Waals surface area contributed by atoms with Gasteiger partial charge in [0.15, 0.2) is 0 Å². The standard InChI is InChI=1S/C4H6O2.BF3.Na/c1-3(2)4(5)6;2-1(3)4;/h1H2,2H3,(H,5,6);;. The minimum Gasteiger partial charge on any atom is -0.478 e. The number of hydrogen-bond donors (Lipinski definition) is 1. The molecule has 0 bridgehead atoms. The molecule has 0 atom stereocenters. The molecule has 1 N–H and O–H groups in total. The van der Waals surface area contributed by atoms with Crippen LogP contribution in [-0.4, -0.2) is 48.2 Å². The fraction of sp³-hybridized carbons (Fsp3) is 0.250. The van der Waals surface area contributed by atoms with Crippen LogP contribution in [0.2, 0.25) is 0 Å². The first kappa shape index (κ1) is 17.2. The molecular formula is C4H6BF3NaO2. The maximum absolute atomic E-state index is 9.67. The van der Waals surface area contributed by atoms with E-state index in [1.165, 1.54) is 6.92 Å². The minimum atomic E-state index is -3.67. The predicted molar refractivity (Wildman–Crippen MR) is 37.3 cm³/mol. The number of carboxylic acid groups (broad SMARTS) is 1. The van der Waals surface area contributed by atoms with Crippen LogP contribution in [0.4, 0.5) is 12.9 Å². The van der Waals surface area contributed by atoms with Gasteiger partial charge in [-0.1, -0.05) is 6.58 Å². The molecule has 0 amide bonds. The summed E-state index contributed by atoms with van der Waals surface area (Å²) in [6.07, 6.45) is 0. The molecule has 0 aromatic heterocycles. The van der Waals surface area contributed by atoms with E-state index in [0.717, 1.165) is 0 Å². The molecule has 0 fully saturated rings. The van der Waals surface area contributed by atoms with E-state index >= 15 is 0 Å². The molecule has 0 aromatic carbocycles. The second kappa shape index (κ2) is 10.1. The molecule has 1 radical (unpaired) electrons. The van der Waals surface area contributed by atoms with Crippen LogP contribution in [0.1, 0.15) is 6.92 Å². The molecule has 2 nitrogen and oxygen atoms in total. The van der Waals surface area contributed by atoms with Crippen molar-refractivity contribution in [2.45, 2.75) is 6.92 Å². The molecule has 7 heteroatoms. The smallest absolute Gasteiger partial charge is 0.478 e. The fourth-order valence-corrected chi connectivity index (χ4v) is 0. The molecule has 0 heterocycles. The molecule has 11 heavy (non-hydrogen) atoms. The van der Waals surface area contributed by atoms with Gasteiger partial charge in [-0.05, 0) is 6.92 Å². The Balaban J connectivity index is -0.000000114. The van der Waals surface area contributed by atoms with Gasteiger partial charge in [0, 0.05) is 35.1 Å². The van der Waals surface area contributed by atoms with Crippen LogP contribution in [-0.2, 0) is 4.79 Å². The zero-order valence-corrected chi connectivity index (χ0v) is 8.27. The van der Waals surface area contributed by atoms with Gasteiger partial charge in [0.1, 0.15) is 0 Å². The Morgan fingerprint density at radius 1 is 1.45 bits per heavy atom. The van der Waals surface area contributed by atoms with Crippen molar-refractivity contribution in [3.8, 4) is 0 Å². The van der Waals surface area contributed by atoms with Crippen molar-refractivity contribution in [1.82, 2.24) is 0 Å². The van der Waals surface area contributed by atoms with Gasteiger partial charge in [-0.3, -0.25) is 12.9 Å². The third-order valence-corrected chi connectivity index (χ3v) is 0.365. The molecule has 0 spiro atoms. The topological polar surface area (TPSA) is 37.3 Å². The molecule has 0 saturated heterocycles. The van der Waals surface area contributed by atoms with Crippen LogP contribution in [0.3, 0.4) is 0 Å². The summed E-state index contributed by atoms with van der Waals surface area (Å²) >= 11 is 0. The van der Waals surface area contributed by atoms with Crippen LogP contribution in [0, 0.1) is 0 Å². The molecular weight excluding hydrogens is 171 g/mol. The van der Waals surface area contributed by atoms with E-state index in [4.69, 9.17) is 5.11 Å². The fourth-order valence-electron chi connectivity index (χ4n) is 0. The van der Waals surface area contributed by atoms with Crippen molar-refractivity contribution in [3.63, 3.8) is 0 Å². The van der Waals surface area contributed by atoms with Gasteiger partial charge in [0.25, 0.3) is 0 Å². The van der Waals surface area contributed by atoms with Crippen molar-refractivity contribution < 1.29 is 22.8 Å². The second-order valence-corrected chi connectivity index (χ2v) is 1.33. The van der Waals surface area contributed by atoms with E-state index in [9.17, 15) is 17.7 Å². The van der Waals surface area contributed by atoms with Gasteiger partial charge in [0.2, 0.25) is 0 Å². The molecule has 0 aliphatic carbocycles. The molecule has 0 aliphatic rings. The van der Waals surface area contributed by atoms with E-state index in [-0.39, 0.29) is 35.1 Å². The van der Waals surface area contributed by atoms with E-state index < -0.39 is 13.5 Å². The van der Waals surface area contributed by atoms with Crippen LogP contribution < -0.4 is 0 Å². The zero-order valence-electron chi connectivity index (χ0n) is 6.27. The summed E-state index contributed by atoms with van der Waals surface area (Å²) in [5.41, 5.74) is 0.176. The number of carbonyl (C=O) groups is 1. The van der Waals surface area contributed by atoms with E-state index in [0.29, 0.717) is 0 Å². The molecule has 0 saturated carbocycles. The summed E-state index contributed by atoms with van der Waals surface area (Å²) in [7, 11) is -3.67. The Bertz CT molecular complexity index is 116. The van der Waals surface area contributed by atoms with E-state index in [2.05, 4.69) is 6.58 Å². The monoisotopic (exact) mass is 177 g/mol. The minimum absolute atomic E-state index is 0. The van der Waals surface area contributed by atoms with Crippen molar-refractivity contribution in [2.24, 2.45) is 0 Å². The van der Waals surface area contributed by atoms with E-state index in [1.807, 2.05) is 0 Å². The van der Waals surface area contributed by atoms with Crippen molar-refractivity contribution in [3.05, 3.63) is 12.2 Å². The quantitative estimate of drug-likeness (QED) is 0.481. The second-order valence-electron chi connectivity index (χ2n) is 1.33. The maximum atomic E-state index is 9.67. The largest absolute Gasteiger partial charge is 0.762 e. The summed E-state index contributed by atoms with van der Waals surface area (Å²) in [4.78, 5) is 9.60. The van der Waals surface area contributed by atoms with Gasteiger partial charge in [0.05, 0.1) is 0 Å². The summed E-state index contributed by atoms with van der Waals surface area (Å²) in [5.74, 6) is -0.935. The third-order valence-electron chi connectivity index (χ3n) is 0.365. The first-order valence-corrected chi connectivity index (χ1v) is 2.19. The molecule has 59 valence electrons. The SMILES string of the molecule is C=C(C)C(=O)O.FB(F)F.[Na]. The predicted octanol–water partition coefficient (Wildman–Crippen LogP) is 1.15. The zero-order chi connectivity index (χ0) is 8.73. The van der Waals surface area contributed by atoms with Crippen molar-refractivity contribution >= 4 is 43.1 Å². The third kappa shape index (κ3) is 39.6. The van der Waals surface area contributed by atoms with Crippen LogP contribution in [0.5, 0.6) is 0 Å². The number of halogens is 3. The van der Waals surface area contributed by atoms with Gasteiger partial charge in [-0.25, -0.2) is 4.79 Å². The molecule has 0 aromatic rings. The first-order valence-electron chi connectivity index (χ1n) is 2.19. The number of hydrogen-bond acceptors (Lipinski definition) is 1. The van der Waals surface area contributed by atoms with Crippen LogP contribution >= 0.6 is 0 Å². The van der Waals surface area contributed by atoms with E-state index in [1.54, 1.807) is 0 Å². The Hall–Kier alpha value is 0.0649. The average molecular weight is 177 g/mol. The molecule has 0 aliphatic heterocycles. The Kier molecular flexibility index (Phi) is 15.8.